The summed E-state index contributed by atoms with van der Waals surface area (Å²) in [5.74, 6) is -0.318. The molecule has 1 aliphatic rings. The molecule has 1 heterocycles. The number of carbonyl (C=O) groups excluding carboxylic acids is 2. The molecule has 1 fully saturated rings. The summed E-state index contributed by atoms with van der Waals surface area (Å²) in [5.41, 5.74) is 1.80. The molecule has 2 aromatic rings. The number of aryl methyl sites for hydroxylation is 1. The zero-order valence-corrected chi connectivity index (χ0v) is 18.5. The van der Waals surface area contributed by atoms with Crippen LogP contribution in [-0.4, -0.2) is 44.1 Å². The topological polar surface area (TPSA) is 74.8 Å². The minimum Gasteiger partial charge on any atom is -0.338 e. The first kappa shape index (κ1) is 22.0. The van der Waals surface area contributed by atoms with E-state index in [1.165, 1.54) is 6.92 Å². The highest BCUT2D eigenvalue weighted by molar-refractivity contribution is 7.92. The van der Waals surface area contributed by atoms with Gasteiger partial charge in [0.05, 0.1) is 10.6 Å². The van der Waals surface area contributed by atoms with Crippen LogP contribution in [0.4, 0.5) is 5.69 Å². The number of piperidine rings is 1. The van der Waals surface area contributed by atoms with E-state index in [1.807, 2.05) is 13.8 Å². The third kappa shape index (κ3) is 4.73. The second kappa shape index (κ2) is 9.00. The summed E-state index contributed by atoms with van der Waals surface area (Å²) in [6, 6.07) is 13.0. The maximum absolute atomic E-state index is 13.5. The predicted molar refractivity (Wildman–Crippen MR) is 117 cm³/mol. The Hall–Kier alpha value is -2.67. The number of hydrogen-bond donors (Lipinski definition) is 0. The molecule has 0 N–H and O–H groups in total. The van der Waals surface area contributed by atoms with Crippen molar-refractivity contribution in [3.8, 4) is 0 Å². The monoisotopic (exact) mass is 428 g/mol. The maximum atomic E-state index is 13.5. The van der Waals surface area contributed by atoms with E-state index in [1.54, 1.807) is 53.4 Å². The SMILES string of the molecule is CC(=O)c1ccc(N(CC(=O)N2CCCCC2C)S(=O)(=O)c2ccc(C)cc2)cc1. The van der Waals surface area contributed by atoms with Crippen molar-refractivity contribution in [1.29, 1.82) is 0 Å². The van der Waals surface area contributed by atoms with Gasteiger partial charge in [0.1, 0.15) is 6.54 Å². The van der Waals surface area contributed by atoms with Gasteiger partial charge in [-0.15, -0.1) is 0 Å². The molecule has 1 saturated heterocycles. The van der Waals surface area contributed by atoms with Gasteiger partial charge in [0.25, 0.3) is 10.0 Å². The molecule has 0 radical (unpaired) electrons. The predicted octanol–water partition coefficient (Wildman–Crippen LogP) is 3.79. The molecule has 30 heavy (non-hydrogen) atoms. The van der Waals surface area contributed by atoms with Crippen molar-refractivity contribution in [2.24, 2.45) is 0 Å². The first-order chi connectivity index (χ1) is 14.2. The number of rotatable bonds is 6. The first-order valence-electron chi connectivity index (χ1n) is 10.2. The van der Waals surface area contributed by atoms with E-state index in [0.29, 0.717) is 17.8 Å². The van der Waals surface area contributed by atoms with Crippen LogP contribution in [-0.2, 0) is 14.8 Å². The van der Waals surface area contributed by atoms with E-state index in [9.17, 15) is 18.0 Å². The van der Waals surface area contributed by atoms with E-state index in [4.69, 9.17) is 0 Å². The van der Waals surface area contributed by atoms with Crippen molar-refractivity contribution >= 4 is 27.4 Å². The molecule has 1 atom stereocenters. The van der Waals surface area contributed by atoms with Crippen LogP contribution < -0.4 is 4.31 Å². The number of Topliss-reactive ketones (excluding diaryl/α,β-unsaturated/α-hetero) is 1. The van der Waals surface area contributed by atoms with Gasteiger partial charge in [-0.3, -0.25) is 13.9 Å². The van der Waals surface area contributed by atoms with E-state index in [0.717, 1.165) is 29.1 Å². The lowest BCUT2D eigenvalue weighted by atomic mass is 10.0. The van der Waals surface area contributed by atoms with Gasteiger partial charge in [-0.05, 0) is 76.4 Å². The summed E-state index contributed by atoms with van der Waals surface area (Å²) in [5, 5.41) is 0. The van der Waals surface area contributed by atoms with Crippen molar-refractivity contribution < 1.29 is 18.0 Å². The molecule has 1 unspecified atom stereocenters. The summed E-state index contributed by atoms with van der Waals surface area (Å²) in [4.78, 5) is 26.6. The number of hydrogen-bond acceptors (Lipinski definition) is 4. The van der Waals surface area contributed by atoms with E-state index in [-0.39, 0.29) is 29.2 Å². The molecule has 2 aromatic carbocycles. The average molecular weight is 429 g/mol. The molecule has 0 spiro atoms. The number of ketones is 1. The van der Waals surface area contributed by atoms with Crippen molar-refractivity contribution in [2.45, 2.75) is 51.0 Å². The fraction of sp³-hybridized carbons (Fsp3) is 0.391. The van der Waals surface area contributed by atoms with E-state index < -0.39 is 10.0 Å². The molecule has 0 bridgehead atoms. The normalized spacial score (nSPS) is 16.9. The smallest absolute Gasteiger partial charge is 0.264 e. The van der Waals surface area contributed by atoms with Gasteiger partial charge in [-0.1, -0.05) is 17.7 Å². The molecular weight excluding hydrogens is 400 g/mol. The molecule has 3 rings (SSSR count). The number of sulfonamides is 1. The lowest BCUT2D eigenvalue weighted by Crippen LogP contribution is -2.48. The van der Waals surface area contributed by atoms with E-state index in [2.05, 4.69) is 0 Å². The Kier molecular flexibility index (Phi) is 6.61. The van der Waals surface area contributed by atoms with Gasteiger partial charge >= 0.3 is 0 Å². The molecule has 1 aliphatic heterocycles. The Balaban J connectivity index is 1.98. The van der Waals surface area contributed by atoms with Gasteiger partial charge in [0.2, 0.25) is 5.91 Å². The lowest BCUT2D eigenvalue weighted by Gasteiger charge is -2.35. The standard InChI is InChI=1S/C23H28N2O4S/c1-17-7-13-22(14-8-17)30(28,29)25(21-11-9-20(10-12-21)19(3)26)16-23(27)24-15-5-4-6-18(24)2/h7-14,18H,4-6,15-16H2,1-3H3. The second-order valence-corrected chi connectivity index (χ2v) is 9.72. The van der Waals surface area contributed by atoms with Crippen LogP contribution in [0, 0.1) is 6.92 Å². The Morgan fingerprint density at radius 1 is 1.03 bits per heavy atom. The Labute approximate surface area is 178 Å². The molecule has 1 amide bonds. The summed E-state index contributed by atoms with van der Waals surface area (Å²) in [6.07, 6.45) is 2.92. The maximum Gasteiger partial charge on any atom is 0.264 e. The van der Waals surface area contributed by atoms with Crippen molar-refractivity contribution in [3.63, 3.8) is 0 Å². The summed E-state index contributed by atoms with van der Waals surface area (Å²) >= 11 is 0. The third-order valence-electron chi connectivity index (χ3n) is 5.57. The molecule has 0 aromatic heterocycles. The second-order valence-electron chi connectivity index (χ2n) is 7.86. The van der Waals surface area contributed by atoms with Crippen molar-refractivity contribution in [1.82, 2.24) is 4.90 Å². The Morgan fingerprint density at radius 3 is 2.23 bits per heavy atom. The minimum absolute atomic E-state index is 0.0928. The van der Waals surface area contributed by atoms with Crippen LogP contribution in [0.25, 0.3) is 0 Å². The highest BCUT2D eigenvalue weighted by Crippen LogP contribution is 2.26. The van der Waals surface area contributed by atoms with Crippen molar-refractivity contribution in [2.75, 3.05) is 17.4 Å². The zero-order chi connectivity index (χ0) is 21.9. The number of carbonyl (C=O) groups is 2. The van der Waals surface area contributed by atoms with Crippen LogP contribution in [0.15, 0.2) is 53.4 Å². The van der Waals surface area contributed by atoms with Gasteiger partial charge in [-0.2, -0.15) is 0 Å². The number of amides is 1. The first-order valence-corrected chi connectivity index (χ1v) is 11.6. The minimum atomic E-state index is -3.95. The molecule has 160 valence electrons. The van der Waals surface area contributed by atoms with Crippen LogP contribution in [0.1, 0.15) is 49.0 Å². The zero-order valence-electron chi connectivity index (χ0n) is 17.7. The van der Waals surface area contributed by atoms with Gasteiger partial charge in [0.15, 0.2) is 5.78 Å². The Morgan fingerprint density at radius 2 is 1.67 bits per heavy atom. The van der Waals surface area contributed by atoms with E-state index >= 15 is 0 Å². The summed E-state index contributed by atoms with van der Waals surface area (Å²) < 4.78 is 28.0. The quantitative estimate of drug-likeness (QED) is 0.656. The number of benzene rings is 2. The molecule has 0 aliphatic carbocycles. The number of nitrogens with zero attached hydrogens (tertiary/aromatic N) is 2. The van der Waals surface area contributed by atoms with Crippen LogP contribution >= 0.6 is 0 Å². The molecule has 0 saturated carbocycles. The lowest BCUT2D eigenvalue weighted by molar-refractivity contribution is -0.132. The highest BCUT2D eigenvalue weighted by Gasteiger charge is 2.31. The van der Waals surface area contributed by atoms with Crippen LogP contribution in [0.3, 0.4) is 0 Å². The van der Waals surface area contributed by atoms with Gasteiger partial charge in [0, 0.05) is 18.2 Å². The molecule has 6 nitrogen and oxygen atoms in total. The number of anilines is 1. The van der Waals surface area contributed by atoms with Crippen LogP contribution in [0.5, 0.6) is 0 Å². The van der Waals surface area contributed by atoms with Crippen molar-refractivity contribution in [3.05, 3.63) is 59.7 Å². The van der Waals surface area contributed by atoms with Crippen LogP contribution in [0.2, 0.25) is 0 Å². The number of likely N-dealkylation sites (tertiary alicyclic amines) is 1. The fourth-order valence-corrected chi connectivity index (χ4v) is 5.11. The van der Waals surface area contributed by atoms with Gasteiger partial charge < -0.3 is 4.90 Å². The fourth-order valence-electron chi connectivity index (χ4n) is 3.70. The van der Waals surface area contributed by atoms with Gasteiger partial charge in [-0.25, -0.2) is 8.42 Å². The molecular formula is C23H28N2O4S. The average Bonchev–Trinajstić information content (AvgIpc) is 2.72. The summed E-state index contributed by atoms with van der Waals surface area (Å²) in [7, 11) is -3.95. The molecule has 7 heteroatoms. The Bertz CT molecular complexity index is 1010. The third-order valence-corrected chi connectivity index (χ3v) is 7.36. The highest BCUT2D eigenvalue weighted by atomic mass is 32.2. The summed E-state index contributed by atoms with van der Waals surface area (Å²) in [6.45, 7) is 5.70. The largest absolute Gasteiger partial charge is 0.338 e.